The van der Waals surface area contributed by atoms with Gasteiger partial charge in [-0.3, -0.25) is 9.59 Å². The van der Waals surface area contributed by atoms with Gasteiger partial charge in [0.25, 0.3) is 5.91 Å². The molecule has 0 aromatic rings. The fourth-order valence-electron chi connectivity index (χ4n) is 2.37. The van der Waals surface area contributed by atoms with Gasteiger partial charge < -0.3 is 10.7 Å². The minimum absolute atomic E-state index is 0.0212. The molecule has 2 atom stereocenters. The maximum atomic E-state index is 12.5. The number of rotatable bonds is 12. The highest BCUT2D eigenvalue weighted by atomic mass is 31.0. The molecular weight excluding hydrogens is 331 g/mol. The molecule has 0 aliphatic heterocycles. The monoisotopic (exact) mass is 362 g/mol. The highest BCUT2D eigenvalue weighted by Gasteiger charge is 2.19. The normalized spacial score (nSPS) is 13.6. The van der Waals surface area contributed by atoms with Crippen molar-refractivity contribution in [2.24, 2.45) is 0 Å². The molecular formula is C20H31N2O2P. The van der Waals surface area contributed by atoms with Crippen molar-refractivity contribution in [2.45, 2.75) is 58.9 Å². The number of nitrogens with one attached hydrogen (secondary N) is 2. The molecule has 5 heteroatoms. The van der Waals surface area contributed by atoms with E-state index in [1.54, 1.807) is 24.3 Å². The van der Waals surface area contributed by atoms with Crippen molar-refractivity contribution in [1.29, 1.82) is 5.41 Å². The van der Waals surface area contributed by atoms with Crippen LogP contribution in [-0.4, -0.2) is 23.2 Å². The average Bonchev–Trinajstić information content (AvgIpc) is 2.56. The molecule has 0 spiro atoms. The van der Waals surface area contributed by atoms with Crippen molar-refractivity contribution in [3.63, 3.8) is 0 Å². The Morgan fingerprint density at radius 2 is 1.92 bits per heavy atom. The summed E-state index contributed by atoms with van der Waals surface area (Å²) in [6.07, 6.45) is 12.9. The van der Waals surface area contributed by atoms with Crippen LogP contribution in [0.5, 0.6) is 0 Å². The second kappa shape index (κ2) is 13.5. The van der Waals surface area contributed by atoms with E-state index >= 15 is 0 Å². The van der Waals surface area contributed by atoms with E-state index in [2.05, 4.69) is 25.7 Å². The van der Waals surface area contributed by atoms with Crippen LogP contribution in [0.2, 0.25) is 0 Å². The summed E-state index contributed by atoms with van der Waals surface area (Å²) in [5, 5.41) is 11.1. The molecule has 0 saturated carbocycles. The number of carbonyl (C=O) groups excluding carboxylic acids is 2. The first-order valence-corrected chi connectivity index (χ1v) is 9.35. The molecule has 0 aromatic heterocycles. The van der Waals surface area contributed by atoms with Gasteiger partial charge >= 0.3 is 0 Å². The van der Waals surface area contributed by atoms with Crippen LogP contribution in [0.25, 0.3) is 0 Å². The Labute approximate surface area is 154 Å². The van der Waals surface area contributed by atoms with Crippen LogP contribution in [0, 0.1) is 5.41 Å². The average molecular weight is 362 g/mol. The van der Waals surface area contributed by atoms with Gasteiger partial charge in [0, 0.05) is 6.04 Å². The predicted octanol–water partition coefficient (Wildman–Crippen LogP) is 4.50. The minimum atomic E-state index is -0.425. The van der Waals surface area contributed by atoms with Gasteiger partial charge in [0.2, 0.25) is 0 Å². The van der Waals surface area contributed by atoms with Crippen LogP contribution in [0.4, 0.5) is 0 Å². The molecule has 0 radical (unpaired) electrons. The van der Waals surface area contributed by atoms with Gasteiger partial charge in [-0.25, -0.2) is 0 Å². The van der Waals surface area contributed by atoms with E-state index in [0.717, 1.165) is 32.1 Å². The highest BCUT2D eigenvalue weighted by molar-refractivity contribution is 7.41. The van der Waals surface area contributed by atoms with E-state index in [-0.39, 0.29) is 17.3 Å². The van der Waals surface area contributed by atoms with Crippen LogP contribution >= 0.6 is 9.24 Å². The molecule has 0 heterocycles. The predicted molar refractivity (Wildman–Crippen MR) is 110 cm³/mol. The van der Waals surface area contributed by atoms with Crippen molar-refractivity contribution in [1.82, 2.24) is 5.32 Å². The van der Waals surface area contributed by atoms with Crippen LogP contribution in [0.1, 0.15) is 52.9 Å². The summed E-state index contributed by atoms with van der Waals surface area (Å²) in [6.45, 7) is 9.64. The van der Waals surface area contributed by atoms with Gasteiger partial charge in [-0.15, -0.1) is 0 Å². The van der Waals surface area contributed by atoms with Gasteiger partial charge in [0.1, 0.15) is 0 Å². The van der Waals surface area contributed by atoms with E-state index in [4.69, 9.17) is 5.41 Å². The van der Waals surface area contributed by atoms with Gasteiger partial charge in [-0.05, 0) is 31.4 Å². The molecule has 0 aliphatic carbocycles. The second-order valence-electron chi connectivity index (χ2n) is 5.79. The van der Waals surface area contributed by atoms with Gasteiger partial charge in [-0.1, -0.05) is 73.2 Å². The molecule has 138 valence electrons. The zero-order valence-corrected chi connectivity index (χ0v) is 16.8. The summed E-state index contributed by atoms with van der Waals surface area (Å²) in [4.78, 5) is 24.4. The molecule has 0 aromatic carbocycles. The minimum Gasteiger partial charge on any atom is -0.349 e. The lowest BCUT2D eigenvalue weighted by molar-refractivity contribution is -0.120. The lowest BCUT2D eigenvalue weighted by atomic mass is 10.0. The van der Waals surface area contributed by atoms with Crippen LogP contribution in [0.15, 0.2) is 48.1 Å². The molecule has 0 rings (SSSR count). The fraction of sp³-hybridized carbons (Fsp3) is 0.450. The van der Waals surface area contributed by atoms with Crippen LogP contribution < -0.4 is 5.32 Å². The maximum absolute atomic E-state index is 12.5. The molecule has 1 amide bonds. The first-order chi connectivity index (χ1) is 11.9. The Kier molecular flexibility index (Phi) is 12.5. The highest BCUT2D eigenvalue weighted by Crippen LogP contribution is 2.12. The SMILES string of the molecule is C=C/C=C(\C=C/C)C(=N)/C=C(\C(=O)P)C(=O)NC(CCC)CCCC. The zero-order chi connectivity index (χ0) is 19.2. The first-order valence-electron chi connectivity index (χ1n) is 8.77. The van der Waals surface area contributed by atoms with E-state index in [1.807, 2.05) is 16.2 Å². The summed E-state index contributed by atoms with van der Waals surface area (Å²) in [5.41, 5.74) is 0.239. The number of unbranched alkanes of at least 4 members (excludes halogenated alkanes) is 1. The molecule has 2 N–H and O–H groups in total. The quantitative estimate of drug-likeness (QED) is 0.134. The third-order valence-corrected chi connectivity index (χ3v) is 3.94. The first kappa shape index (κ1) is 23.2. The lowest BCUT2D eigenvalue weighted by Crippen LogP contribution is -2.37. The molecule has 0 saturated heterocycles. The van der Waals surface area contributed by atoms with Crippen molar-refractivity contribution in [3.8, 4) is 0 Å². The summed E-state index contributed by atoms with van der Waals surface area (Å²) < 4.78 is 0. The van der Waals surface area contributed by atoms with Crippen LogP contribution in [0.3, 0.4) is 0 Å². The third kappa shape index (κ3) is 9.31. The van der Waals surface area contributed by atoms with Crippen molar-refractivity contribution in [3.05, 3.63) is 48.1 Å². The fourth-order valence-corrected chi connectivity index (χ4v) is 2.58. The van der Waals surface area contributed by atoms with E-state index < -0.39 is 11.4 Å². The standard InChI is InChI=1S/C20H31N2O2P/c1-5-9-13-16(12-8-4)22-19(23)17(20(24)25)14-18(21)15(10-6-2)11-7-3/h6-7,10-11,14,16,21H,2,5,8-9,12-13,25H2,1,3-4H3,(H,22,23)/b11-7-,15-10+,17-14-,21-18?. The lowest BCUT2D eigenvalue weighted by Gasteiger charge is -2.18. The van der Waals surface area contributed by atoms with Crippen molar-refractivity contribution in [2.75, 3.05) is 0 Å². The van der Waals surface area contributed by atoms with E-state index in [9.17, 15) is 9.59 Å². The summed E-state index contributed by atoms with van der Waals surface area (Å²) in [7, 11) is 2.02. The number of amides is 1. The summed E-state index contributed by atoms with van der Waals surface area (Å²) in [6, 6.07) is 0.0538. The Morgan fingerprint density at radius 3 is 2.40 bits per heavy atom. The maximum Gasteiger partial charge on any atom is 0.255 e. The summed E-state index contributed by atoms with van der Waals surface area (Å²) in [5.74, 6) is -0.419. The van der Waals surface area contributed by atoms with Gasteiger partial charge in [0.05, 0.1) is 11.3 Å². The molecule has 2 unspecified atom stereocenters. The molecule has 4 nitrogen and oxygen atoms in total. The topological polar surface area (TPSA) is 70.0 Å². The van der Waals surface area contributed by atoms with Crippen molar-refractivity contribution >= 4 is 26.4 Å². The zero-order valence-electron chi connectivity index (χ0n) is 15.6. The Hall–Kier alpha value is -1.80. The Balaban J connectivity index is 5.40. The number of allylic oxidation sites excluding steroid dienone is 6. The van der Waals surface area contributed by atoms with Gasteiger partial charge in [0.15, 0.2) is 5.52 Å². The smallest absolute Gasteiger partial charge is 0.255 e. The Morgan fingerprint density at radius 1 is 1.24 bits per heavy atom. The number of hydrogen-bond acceptors (Lipinski definition) is 3. The van der Waals surface area contributed by atoms with E-state index in [0.29, 0.717) is 5.57 Å². The third-order valence-electron chi connectivity index (χ3n) is 3.63. The largest absolute Gasteiger partial charge is 0.349 e. The second-order valence-corrected chi connectivity index (χ2v) is 6.32. The van der Waals surface area contributed by atoms with Crippen LogP contribution in [-0.2, 0) is 9.59 Å². The summed E-state index contributed by atoms with van der Waals surface area (Å²) >= 11 is 0. The number of carbonyl (C=O) groups is 2. The van der Waals surface area contributed by atoms with Gasteiger partial charge in [-0.2, -0.15) is 0 Å². The molecule has 0 aliphatic rings. The number of hydrogen-bond donors (Lipinski definition) is 2. The van der Waals surface area contributed by atoms with E-state index in [1.165, 1.54) is 6.08 Å². The molecule has 0 fully saturated rings. The van der Waals surface area contributed by atoms with Crippen molar-refractivity contribution < 1.29 is 9.59 Å². The Bertz CT molecular complexity index is 574. The molecule has 25 heavy (non-hydrogen) atoms. The molecule has 0 bridgehead atoms.